The average Bonchev–Trinajstić information content (AvgIpc) is 1.71. The Kier molecular flexibility index (Phi) is 2.18. The zero-order valence-electron chi connectivity index (χ0n) is 9.49. The van der Waals surface area contributed by atoms with Crippen LogP contribution in [-0.4, -0.2) is 24.3 Å². The number of nitrogens with zero attached hydrogens (tertiary/aromatic N) is 1. The molecule has 88 valence electrons. The molecule has 0 unspecified atom stereocenters. The highest BCUT2D eigenvalue weighted by molar-refractivity contribution is 5.06. The summed E-state index contributed by atoms with van der Waals surface area (Å²) in [5.74, 6) is 0.605. The molecule has 0 amide bonds. The molecule has 0 aromatic carbocycles. The predicted octanol–water partition coefficient (Wildman–Crippen LogP) is 3.26. The number of rotatable bonds is 0. The Morgan fingerprint density at radius 3 is 1.87 bits per heavy atom. The first-order chi connectivity index (χ1) is 6.62. The van der Waals surface area contributed by atoms with E-state index in [9.17, 15) is 13.2 Å². The van der Waals surface area contributed by atoms with Crippen molar-refractivity contribution in [1.29, 1.82) is 0 Å². The summed E-state index contributed by atoms with van der Waals surface area (Å²) in [6.45, 7) is 6.96. The summed E-state index contributed by atoms with van der Waals surface area (Å²) in [6.07, 6.45) is -2.16. The van der Waals surface area contributed by atoms with E-state index in [1.165, 1.54) is 0 Å². The molecule has 1 heterocycles. The van der Waals surface area contributed by atoms with E-state index in [0.717, 1.165) is 12.8 Å². The van der Waals surface area contributed by atoms with Crippen molar-refractivity contribution < 1.29 is 13.2 Å². The van der Waals surface area contributed by atoms with E-state index in [1.807, 2.05) is 0 Å². The first-order valence-corrected chi connectivity index (χ1v) is 5.44. The minimum absolute atomic E-state index is 0.00741. The average molecular weight is 221 g/mol. The van der Waals surface area contributed by atoms with Gasteiger partial charge in [-0.2, -0.15) is 13.2 Å². The van der Waals surface area contributed by atoms with E-state index in [-0.39, 0.29) is 23.9 Å². The summed E-state index contributed by atoms with van der Waals surface area (Å²) >= 11 is 0. The van der Waals surface area contributed by atoms with E-state index < -0.39 is 6.30 Å². The van der Waals surface area contributed by atoms with Gasteiger partial charge in [0.05, 0.1) is 0 Å². The van der Waals surface area contributed by atoms with E-state index in [0.29, 0.717) is 10.8 Å². The maximum atomic E-state index is 12.3. The van der Waals surface area contributed by atoms with Crippen LogP contribution < -0.4 is 0 Å². The Morgan fingerprint density at radius 2 is 1.53 bits per heavy atom. The van der Waals surface area contributed by atoms with Crippen LogP contribution in [0.5, 0.6) is 0 Å². The van der Waals surface area contributed by atoms with Crippen molar-refractivity contribution in [2.75, 3.05) is 13.1 Å². The van der Waals surface area contributed by atoms with Crippen LogP contribution in [0.3, 0.4) is 0 Å². The summed E-state index contributed by atoms with van der Waals surface area (Å²) in [6, 6.07) is 0. The van der Waals surface area contributed by atoms with Gasteiger partial charge in [0.25, 0.3) is 0 Å². The van der Waals surface area contributed by atoms with Gasteiger partial charge < -0.3 is 0 Å². The van der Waals surface area contributed by atoms with Crippen LogP contribution in [0.1, 0.15) is 33.6 Å². The highest BCUT2D eigenvalue weighted by Crippen LogP contribution is 2.58. The Labute approximate surface area is 88.6 Å². The molecular weight excluding hydrogens is 203 g/mol. The van der Waals surface area contributed by atoms with Gasteiger partial charge in [0.2, 0.25) is 0 Å². The molecule has 0 aromatic heterocycles. The second-order valence-corrected chi connectivity index (χ2v) is 6.30. The Morgan fingerprint density at radius 1 is 1.07 bits per heavy atom. The fourth-order valence-electron chi connectivity index (χ4n) is 2.80. The van der Waals surface area contributed by atoms with Crippen molar-refractivity contribution in [3.63, 3.8) is 0 Å². The third kappa shape index (κ3) is 1.88. The lowest BCUT2D eigenvalue weighted by Crippen LogP contribution is -2.67. The van der Waals surface area contributed by atoms with Gasteiger partial charge in [0.1, 0.15) is 0 Å². The minimum atomic E-state index is -4.11. The smallest absolute Gasteiger partial charge is 0.213 e. The lowest BCUT2D eigenvalue weighted by Gasteiger charge is -2.61. The van der Waals surface area contributed by atoms with Gasteiger partial charge in [-0.3, -0.25) is 0 Å². The topological polar surface area (TPSA) is 3.24 Å². The minimum Gasteiger partial charge on any atom is -0.213 e. The molecule has 0 N–H and O–H groups in total. The largest absolute Gasteiger partial charge is 0.459 e. The highest BCUT2D eigenvalue weighted by atomic mass is 19.4. The quantitative estimate of drug-likeness (QED) is 0.567. The molecule has 2 rings (SSSR count). The van der Waals surface area contributed by atoms with Gasteiger partial charge in [-0.15, -0.1) is 0 Å². The molecule has 1 saturated heterocycles. The summed E-state index contributed by atoms with van der Waals surface area (Å²) in [4.78, 5) is 0.631. The van der Waals surface area contributed by atoms with E-state index in [4.69, 9.17) is 0 Å². The molecule has 1 aliphatic carbocycles. The monoisotopic (exact) mass is 221 g/mol. The number of hydrogen-bond donors (Lipinski definition) is 0. The lowest BCUT2D eigenvalue weighted by molar-refractivity contribution is -0.308. The van der Waals surface area contributed by atoms with Crippen LogP contribution in [0.2, 0.25) is 0 Å². The summed E-state index contributed by atoms with van der Waals surface area (Å²) < 4.78 is 36.8. The van der Waals surface area contributed by atoms with Gasteiger partial charge in [-0.1, -0.05) is 20.8 Å². The zero-order valence-corrected chi connectivity index (χ0v) is 9.49. The van der Waals surface area contributed by atoms with Gasteiger partial charge in [0.15, 0.2) is 0 Å². The Bertz CT molecular complexity index is 220. The second-order valence-electron chi connectivity index (χ2n) is 6.30. The van der Waals surface area contributed by atoms with E-state index >= 15 is 0 Å². The van der Waals surface area contributed by atoms with Crippen LogP contribution in [0.4, 0.5) is 13.2 Å². The first kappa shape index (κ1) is 11.2. The molecule has 1 nitrogen and oxygen atoms in total. The zero-order chi connectivity index (χ0) is 11.5. The van der Waals surface area contributed by atoms with Crippen LogP contribution >= 0.6 is 0 Å². The van der Waals surface area contributed by atoms with Gasteiger partial charge in [-0.25, -0.2) is 4.90 Å². The van der Waals surface area contributed by atoms with Gasteiger partial charge in [-0.05, 0) is 29.6 Å². The summed E-state index contributed by atoms with van der Waals surface area (Å²) in [7, 11) is 0. The van der Waals surface area contributed by atoms with Crippen molar-refractivity contribution >= 4 is 0 Å². The maximum absolute atomic E-state index is 12.3. The van der Waals surface area contributed by atoms with Crippen molar-refractivity contribution in [3.8, 4) is 0 Å². The van der Waals surface area contributed by atoms with Crippen molar-refractivity contribution in [2.24, 2.45) is 16.7 Å². The van der Waals surface area contributed by atoms with Gasteiger partial charge in [0, 0.05) is 13.1 Å². The molecule has 2 aliphatic rings. The predicted molar refractivity (Wildman–Crippen MR) is 52.2 cm³/mol. The van der Waals surface area contributed by atoms with Crippen molar-refractivity contribution in [2.45, 2.75) is 39.9 Å². The molecule has 0 aromatic rings. The molecular formula is C11H18F3N. The third-order valence-electron chi connectivity index (χ3n) is 3.99. The lowest BCUT2D eigenvalue weighted by atomic mass is 9.52. The van der Waals surface area contributed by atoms with Crippen molar-refractivity contribution in [3.05, 3.63) is 0 Å². The maximum Gasteiger partial charge on any atom is 0.459 e. The summed E-state index contributed by atoms with van der Waals surface area (Å²) in [5.41, 5.74) is 0.261. The molecule has 15 heavy (non-hydrogen) atoms. The molecule has 0 radical (unpaired) electrons. The first-order valence-electron chi connectivity index (χ1n) is 5.44. The third-order valence-corrected chi connectivity index (χ3v) is 3.99. The van der Waals surface area contributed by atoms with E-state index in [1.54, 1.807) is 0 Å². The van der Waals surface area contributed by atoms with Gasteiger partial charge >= 0.3 is 6.30 Å². The molecule has 1 aliphatic heterocycles. The fourth-order valence-corrected chi connectivity index (χ4v) is 2.80. The second kappa shape index (κ2) is 2.90. The number of hydrogen-bond acceptors (Lipinski definition) is 1. The number of likely N-dealkylation sites (tertiary alicyclic amines) is 1. The molecule has 0 atom stereocenters. The normalized spacial score (nSPS) is 27.6. The molecule has 4 heteroatoms. The molecule has 0 bridgehead atoms. The van der Waals surface area contributed by atoms with Crippen LogP contribution in [0.25, 0.3) is 0 Å². The van der Waals surface area contributed by atoms with E-state index in [2.05, 4.69) is 20.8 Å². The van der Waals surface area contributed by atoms with Crippen LogP contribution in [-0.2, 0) is 0 Å². The molecule has 1 spiro atoms. The number of halogens is 3. The Hall–Kier alpha value is -0.250. The highest BCUT2D eigenvalue weighted by Gasteiger charge is 2.60. The summed E-state index contributed by atoms with van der Waals surface area (Å²) in [5, 5.41) is 0. The van der Waals surface area contributed by atoms with Crippen molar-refractivity contribution in [1.82, 2.24) is 4.90 Å². The standard InChI is InChI=1S/C11H18F3N/c1-9(2,3)8-4-10(5-8)6-15(7-10)11(12,13)14/h8H,4-7H2,1-3H3. The SMILES string of the molecule is CC(C)(C)C1CC2(C1)CN(C(F)(F)F)C2. The van der Waals surface area contributed by atoms with Crippen LogP contribution in [0.15, 0.2) is 0 Å². The molecule has 1 saturated carbocycles. The Balaban J connectivity index is 1.83. The van der Waals surface area contributed by atoms with Crippen LogP contribution in [0, 0.1) is 16.7 Å². The molecule has 2 fully saturated rings. The fraction of sp³-hybridized carbons (Fsp3) is 1.00. The number of alkyl halides is 3.